The van der Waals surface area contributed by atoms with E-state index in [1.807, 2.05) is 0 Å². The van der Waals surface area contributed by atoms with Gasteiger partial charge in [0.15, 0.2) is 11.8 Å². The van der Waals surface area contributed by atoms with E-state index in [1.54, 1.807) is 0 Å². The van der Waals surface area contributed by atoms with Crippen LogP contribution in [0.5, 0.6) is 0 Å². The van der Waals surface area contributed by atoms with Gasteiger partial charge in [-0.15, -0.1) is 0 Å². The summed E-state index contributed by atoms with van der Waals surface area (Å²) in [7, 11) is 0. The molecule has 0 spiro atoms. The van der Waals surface area contributed by atoms with Crippen LogP contribution in [0.4, 0.5) is 52.7 Å². The van der Waals surface area contributed by atoms with Gasteiger partial charge in [0, 0.05) is 0 Å². The van der Waals surface area contributed by atoms with Gasteiger partial charge in [-0.05, 0) is 0 Å². The SMILES string of the molecule is O=C(O)C(=C(C(=O)O)C(C(F)(F)F)C(F)(F)F)C(C(F)(F)F)C(F)(F)F. The molecule has 152 valence electrons. The molecule has 0 heterocycles. The number of alkyl halides is 12. The average molecular weight is 416 g/mol. The van der Waals surface area contributed by atoms with Crippen molar-refractivity contribution in [1.82, 2.24) is 0 Å². The molecule has 0 saturated heterocycles. The zero-order valence-corrected chi connectivity index (χ0v) is 11.4. The van der Waals surface area contributed by atoms with E-state index in [0.29, 0.717) is 0 Å². The molecular formula is C10H4F12O4. The van der Waals surface area contributed by atoms with Crippen LogP contribution in [0.2, 0.25) is 0 Å². The molecule has 16 heteroatoms. The smallest absolute Gasteiger partial charge is 0.404 e. The summed E-state index contributed by atoms with van der Waals surface area (Å²) in [5.74, 6) is -18.0. The van der Waals surface area contributed by atoms with E-state index in [2.05, 4.69) is 0 Å². The minimum absolute atomic E-state index is 3.57. The second-order valence-electron chi connectivity index (χ2n) is 4.47. The second kappa shape index (κ2) is 6.86. The van der Waals surface area contributed by atoms with Crippen molar-refractivity contribution in [3.8, 4) is 0 Å². The summed E-state index contributed by atoms with van der Waals surface area (Å²) in [4.78, 5) is 21.4. The molecule has 4 nitrogen and oxygen atoms in total. The van der Waals surface area contributed by atoms with Gasteiger partial charge in [-0.3, -0.25) is 0 Å². The molecule has 0 radical (unpaired) electrons. The molecule has 0 aromatic heterocycles. The Morgan fingerprint density at radius 3 is 0.731 bits per heavy atom. The summed E-state index contributed by atoms with van der Waals surface area (Å²) in [6.07, 6.45) is -27.0. The number of carbonyl (C=O) groups is 2. The minimum Gasteiger partial charge on any atom is -0.478 e. The van der Waals surface area contributed by atoms with Gasteiger partial charge < -0.3 is 10.2 Å². The minimum atomic E-state index is -6.76. The fraction of sp³-hybridized carbons (Fsp3) is 0.600. The van der Waals surface area contributed by atoms with E-state index >= 15 is 0 Å². The molecule has 0 aromatic carbocycles. The Morgan fingerprint density at radius 2 is 0.654 bits per heavy atom. The molecule has 0 aliphatic heterocycles. The van der Waals surface area contributed by atoms with E-state index in [4.69, 9.17) is 10.2 Å². The molecule has 0 aromatic rings. The molecule has 0 saturated carbocycles. The lowest BCUT2D eigenvalue weighted by molar-refractivity contribution is -0.280. The van der Waals surface area contributed by atoms with Gasteiger partial charge in [0.25, 0.3) is 0 Å². The number of hydrogen-bond acceptors (Lipinski definition) is 2. The van der Waals surface area contributed by atoms with Crippen LogP contribution < -0.4 is 0 Å². The number of aliphatic carboxylic acids is 2. The van der Waals surface area contributed by atoms with E-state index < -0.39 is 59.6 Å². The molecule has 0 rings (SSSR count). The Kier molecular flexibility index (Phi) is 6.29. The third-order valence-corrected chi connectivity index (χ3v) is 2.64. The molecule has 2 N–H and O–H groups in total. The highest BCUT2D eigenvalue weighted by Crippen LogP contribution is 2.50. The van der Waals surface area contributed by atoms with Crippen molar-refractivity contribution in [2.24, 2.45) is 11.8 Å². The topological polar surface area (TPSA) is 74.6 Å². The van der Waals surface area contributed by atoms with Gasteiger partial charge in [0.1, 0.15) is 0 Å². The van der Waals surface area contributed by atoms with Gasteiger partial charge in [0.2, 0.25) is 0 Å². The lowest BCUT2D eigenvalue weighted by Gasteiger charge is -2.29. The molecular weight excluding hydrogens is 412 g/mol. The normalized spacial score (nSPS) is 15.3. The summed E-state index contributed by atoms with van der Waals surface area (Å²) in [6.45, 7) is 0. The number of carboxylic acid groups (broad SMARTS) is 2. The summed E-state index contributed by atoms with van der Waals surface area (Å²) in [6, 6.07) is 0. The third kappa shape index (κ3) is 5.42. The summed E-state index contributed by atoms with van der Waals surface area (Å²) < 4.78 is 150. The molecule has 0 aliphatic rings. The highest BCUT2D eigenvalue weighted by Gasteiger charge is 2.66. The van der Waals surface area contributed by atoms with Crippen LogP contribution in [0.25, 0.3) is 0 Å². The lowest BCUT2D eigenvalue weighted by atomic mass is 9.85. The summed E-state index contributed by atoms with van der Waals surface area (Å²) in [5, 5.41) is 16.8. The van der Waals surface area contributed by atoms with E-state index in [1.165, 1.54) is 0 Å². The van der Waals surface area contributed by atoms with Gasteiger partial charge >= 0.3 is 36.6 Å². The molecule has 0 bridgehead atoms. The largest absolute Gasteiger partial charge is 0.478 e. The maximum atomic E-state index is 12.5. The Labute approximate surface area is 133 Å². The van der Waals surface area contributed by atoms with Crippen molar-refractivity contribution in [3.05, 3.63) is 11.1 Å². The predicted octanol–water partition coefficient (Wildman–Crippen LogP) is 3.93. The standard InChI is InChI=1S/C10H4F12O4/c11-7(12,13)3(8(14,15)16)1(5(23)24)2(6(25)26)4(9(17,18)19)10(20,21)22/h3-4H,(H,23,24)(H,25,26). The summed E-state index contributed by atoms with van der Waals surface area (Å²) in [5.41, 5.74) is -7.28. The zero-order chi connectivity index (χ0) is 21.5. The maximum absolute atomic E-state index is 12.5. The predicted molar refractivity (Wildman–Crippen MR) is 53.5 cm³/mol. The molecule has 0 atom stereocenters. The molecule has 0 fully saturated rings. The van der Waals surface area contributed by atoms with Crippen LogP contribution >= 0.6 is 0 Å². The first-order chi connectivity index (χ1) is 11.1. The highest BCUT2D eigenvalue weighted by molar-refractivity contribution is 6.00. The summed E-state index contributed by atoms with van der Waals surface area (Å²) >= 11 is 0. The third-order valence-electron chi connectivity index (χ3n) is 2.64. The average Bonchev–Trinajstić information content (AvgIpc) is 2.25. The van der Waals surface area contributed by atoms with Crippen LogP contribution in [0.15, 0.2) is 11.1 Å². The van der Waals surface area contributed by atoms with E-state index in [9.17, 15) is 62.3 Å². The van der Waals surface area contributed by atoms with Crippen LogP contribution in [-0.2, 0) is 9.59 Å². The van der Waals surface area contributed by atoms with Crippen molar-refractivity contribution in [2.75, 3.05) is 0 Å². The monoisotopic (exact) mass is 416 g/mol. The van der Waals surface area contributed by atoms with E-state index in [-0.39, 0.29) is 0 Å². The van der Waals surface area contributed by atoms with Crippen LogP contribution in [-0.4, -0.2) is 46.9 Å². The Morgan fingerprint density at radius 1 is 0.500 bits per heavy atom. The first kappa shape index (κ1) is 23.8. The van der Waals surface area contributed by atoms with Crippen molar-refractivity contribution < 1.29 is 72.5 Å². The van der Waals surface area contributed by atoms with Gasteiger partial charge in [0.05, 0.1) is 11.1 Å². The van der Waals surface area contributed by atoms with Crippen molar-refractivity contribution in [1.29, 1.82) is 0 Å². The second-order valence-corrected chi connectivity index (χ2v) is 4.47. The van der Waals surface area contributed by atoms with Crippen LogP contribution in [0, 0.1) is 11.8 Å². The van der Waals surface area contributed by atoms with Gasteiger partial charge in [-0.1, -0.05) is 0 Å². The molecule has 0 aliphatic carbocycles. The first-order valence-corrected chi connectivity index (χ1v) is 5.61. The fourth-order valence-corrected chi connectivity index (χ4v) is 1.81. The molecule has 0 unspecified atom stereocenters. The molecule has 26 heavy (non-hydrogen) atoms. The van der Waals surface area contributed by atoms with Crippen molar-refractivity contribution >= 4 is 11.9 Å². The fourth-order valence-electron chi connectivity index (χ4n) is 1.81. The first-order valence-electron chi connectivity index (χ1n) is 5.61. The molecule has 0 amide bonds. The van der Waals surface area contributed by atoms with Gasteiger partial charge in [-0.2, -0.15) is 52.7 Å². The van der Waals surface area contributed by atoms with Gasteiger partial charge in [-0.25, -0.2) is 9.59 Å². The number of hydrogen-bond donors (Lipinski definition) is 2. The number of carboxylic acids is 2. The highest BCUT2D eigenvalue weighted by atomic mass is 19.4. The van der Waals surface area contributed by atoms with Crippen LogP contribution in [0.3, 0.4) is 0 Å². The van der Waals surface area contributed by atoms with E-state index in [0.717, 1.165) is 0 Å². The number of rotatable bonds is 4. The number of halogens is 12. The zero-order valence-electron chi connectivity index (χ0n) is 11.4. The Bertz CT molecular complexity index is 511. The Balaban J connectivity index is 7.31. The lowest BCUT2D eigenvalue weighted by Crippen LogP contribution is -2.46. The quantitative estimate of drug-likeness (QED) is 0.538. The van der Waals surface area contributed by atoms with Crippen molar-refractivity contribution in [3.63, 3.8) is 0 Å². The maximum Gasteiger partial charge on any atom is 0.404 e. The Hall–Kier alpha value is -2.16. The van der Waals surface area contributed by atoms with Crippen molar-refractivity contribution in [2.45, 2.75) is 24.7 Å². The van der Waals surface area contributed by atoms with Crippen LogP contribution in [0.1, 0.15) is 0 Å².